The lowest BCUT2D eigenvalue weighted by molar-refractivity contribution is -0.135. The standard InChI is InChI=1S/C20H23N5O2/c26-18-12-15(13-25(18)16-6-7-16)20(27)23-9-8-17-21-22-19(24(17)11-10-23)14-4-2-1-3-5-14/h1-5,15-16H,6-13H2/t15-/m0/s1. The Bertz CT molecular complexity index is 874. The first-order valence-corrected chi connectivity index (χ1v) is 9.76. The zero-order chi connectivity index (χ0) is 18.4. The largest absolute Gasteiger partial charge is 0.340 e. The number of carbonyl (C=O) groups is 2. The average molecular weight is 365 g/mol. The molecule has 1 saturated carbocycles. The second kappa shape index (κ2) is 6.48. The van der Waals surface area contributed by atoms with Crippen molar-refractivity contribution in [2.24, 2.45) is 5.92 Å². The van der Waals surface area contributed by atoms with Crippen molar-refractivity contribution >= 4 is 11.8 Å². The van der Waals surface area contributed by atoms with E-state index in [4.69, 9.17) is 0 Å². The van der Waals surface area contributed by atoms with Gasteiger partial charge in [-0.3, -0.25) is 9.59 Å². The maximum atomic E-state index is 13.0. The van der Waals surface area contributed by atoms with Crippen LogP contribution in [0.5, 0.6) is 0 Å². The number of hydrogen-bond donors (Lipinski definition) is 0. The van der Waals surface area contributed by atoms with Crippen LogP contribution in [0.4, 0.5) is 0 Å². The van der Waals surface area contributed by atoms with Crippen molar-refractivity contribution in [2.45, 2.75) is 38.3 Å². The molecule has 2 amide bonds. The van der Waals surface area contributed by atoms with Crippen LogP contribution in [0.25, 0.3) is 11.4 Å². The number of carbonyl (C=O) groups excluding carboxylic acids is 2. The second-order valence-electron chi connectivity index (χ2n) is 7.71. The summed E-state index contributed by atoms with van der Waals surface area (Å²) in [6.07, 6.45) is 3.24. The molecule has 7 heteroatoms. The Labute approximate surface area is 158 Å². The summed E-state index contributed by atoms with van der Waals surface area (Å²) in [6.45, 7) is 2.56. The lowest BCUT2D eigenvalue weighted by atomic mass is 10.1. The molecular weight excluding hydrogens is 342 g/mol. The summed E-state index contributed by atoms with van der Waals surface area (Å²) in [6, 6.07) is 10.4. The molecule has 1 aromatic carbocycles. The molecule has 0 unspecified atom stereocenters. The number of likely N-dealkylation sites (tertiary alicyclic amines) is 1. The van der Waals surface area contributed by atoms with Gasteiger partial charge in [-0.1, -0.05) is 30.3 Å². The molecule has 1 aliphatic carbocycles. The van der Waals surface area contributed by atoms with Crippen LogP contribution >= 0.6 is 0 Å². The van der Waals surface area contributed by atoms with E-state index in [1.807, 2.05) is 40.1 Å². The Morgan fingerprint density at radius 1 is 1.04 bits per heavy atom. The normalized spacial score (nSPS) is 22.7. The number of nitrogens with zero attached hydrogens (tertiary/aromatic N) is 5. The van der Waals surface area contributed by atoms with Crippen molar-refractivity contribution in [3.8, 4) is 11.4 Å². The quantitative estimate of drug-likeness (QED) is 0.823. The molecule has 0 bridgehead atoms. The van der Waals surface area contributed by atoms with E-state index >= 15 is 0 Å². The molecule has 27 heavy (non-hydrogen) atoms. The first kappa shape index (κ1) is 16.5. The number of aromatic nitrogens is 3. The van der Waals surface area contributed by atoms with Gasteiger partial charge in [0.25, 0.3) is 0 Å². The molecular formula is C20H23N5O2. The van der Waals surface area contributed by atoms with E-state index < -0.39 is 0 Å². The molecule has 2 aromatic rings. The highest BCUT2D eigenvalue weighted by molar-refractivity contribution is 5.89. The van der Waals surface area contributed by atoms with Crippen LogP contribution in [0.2, 0.25) is 0 Å². The third-order valence-electron chi connectivity index (χ3n) is 5.87. The van der Waals surface area contributed by atoms with Crippen LogP contribution in [0.3, 0.4) is 0 Å². The Morgan fingerprint density at radius 2 is 1.85 bits per heavy atom. The third kappa shape index (κ3) is 3.01. The molecule has 2 fully saturated rings. The van der Waals surface area contributed by atoms with Gasteiger partial charge in [-0.05, 0) is 12.8 Å². The number of fused-ring (bicyclic) bond motifs is 1. The van der Waals surface area contributed by atoms with Gasteiger partial charge in [0.1, 0.15) is 5.82 Å². The van der Waals surface area contributed by atoms with Crippen molar-refractivity contribution in [1.29, 1.82) is 0 Å². The highest BCUT2D eigenvalue weighted by Crippen LogP contribution is 2.33. The fourth-order valence-corrected chi connectivity index (χ4v) is 4.24. The van der Waals surface area contributed by atoms with Gasteiger partial charge in [0.15, 0.2) is 5.82 Å². The zero-order valence-electron chi connectivity index (χ0n) is 15.3. The molecule has 3 aliphatic rings. The minimum atomic E-state index is -0.185. The fourth-order valence-electron chi connectivity index (χ4n) is 4.24. The van der Waals surface area contributed by atoms with Crippen molar-refractivity contribution in [1.82, 2.24) is 24.6 Å². The van der Waals surface area contributed by atoms with Gasteiger partial charge >= 0.3 is 0 Å². The summed E-state index contributed by atoms with van der Waals surface area (Å²) in [4.78, 5) is 29.0. The molecule has 7 nitrogen and oxygen atoms in total. The molecule has 2 aliphatic heterocycles. The second-order valence-corrected chi connectivity index (χ2v) is 7.71. The number of amides is 2. The van der Waals surface area contributed by atoms with E-state index in [0.717, 1.165) is 30.1 Å². The van der Waals surface area contributed by atoms with Gasteiger partial charge in [-0.2, -0.15) is 0 Å². The summed E-state index contributed by atoms with van der Waals surface area (Å²) in [5, 5.41) is 8.71. The van der Waals surface area contributed by atoms with E-state index in [2.05, 4.69) is 14.8 Å². The van der Waals surface area contributed by atoms with Crippen molar-refractivity contribution in [2.75, 3.05) is 19.6 Å². The third-order valence-corrected chi connectivity index (χ3v) is 5.87. The van der Waals surface area contributed by atoms with Gasteiger partial charge in [-0.25, -0.2) is 0 Å². The molecule has 1 aromatic heterocycles. The minimum absolute atomic E-state index is 0.117. The first-order chi connectivity index (χ1) is 13.2. The Kier molecular flexibility index (Phi) is 3.95. The summed E-state index contributed by atoms with van der Waals surface area (Å²) in [5.41, 5.74) is 1.04. The van der Waals surface area contributed by atoms with Crippen molar-refractivity contribution < 1.29 is 9.59 Å². The lowest BCUT2D eigenvalue weighted by Crippen LogP contribution is -2.39. The van der Waals surface area contributed by atoms with E-state index in [1.54, 1.807) is 0 Å². The highest BCUT2D eigenvalue weighted by Gasteiger charge is 2.43. The predicted molar refractivity (Wildman–Crippen MR) is 98.6 cm³/mol. The van der Waals surface area contributed by atoms with Gasteiger partial charge in [0, 0.05) is 50.6 Å². The predicted octanol–water partition coefficient (Wildman–Crippen LogP) is 1.34. The molecule has 0 spiro atoms. The Morgan fingerprint density at radius 3 is 2.63 bits per heavy atom. The molecule has 1 atom stereocenters. The van der Waals surface area contributed by atoms with Crippen LogP contribution in [0.15, 0.2) is 30.3 Å². The van der Waals surface area contributed by atoms with E-state index in [9.17, 15) is 9.59 Å². The van der Waals surface area contributed by atoms with Crippen LogP contribution < -0.4 is 0 Å². The SMILES string of the molecule is O=C([C@H]1CC(=O)N(C2CC2)C1)N1CCc2nnc(-c3ccccc3)n2CC1. The van der Waals surface area contributed by atoms with Crippen LogP contribution in [-0.2, 0) is 22.6 Å². The van der Waals surface area contributed by atoms with Gasteiger partial charge in [-0.15, -0.1) is 10.2 Å². The molecule has 5 rings (SSSR count). The van der Waals surface area contributed by atoms with Gasteiger partial charge in [0.05, 0.1) is 5.92 Å². The summed E-state index contributed by atoms with van der Waals surface area (Å²) in [7, 11) is 0. The Hall–Kier alpha value is -2.70. The lowest BCUT2D eigenvalue weighted by Gasteiger charge is -2.23. The summed E-state index contributed by atoms with van der Waals surface area (Å²) < 4.78 is 2.12. The van der Waals surface area contributed by atoms with Crippen molar-refractivity contribution in [3.63, 3.8) is 0 Å². The number of rotatable bonds is 3. The van der Waals surface area contributed by atoms with Crippen LogP contribution in [0, 0.1) is 5.92 Å². The van der Waals surface area contributed by atoms with E-state index in [-0.39, 0.29) is 17.7 Å². The summed E-state index contributed by atoms with van der Waals surface area (Å²) in [5.74, 6) is 1.86. The zero-order valence-corrected chi connectivity index (χ0v) is 15.3. The van der Waals surface area contributed by atoms with Crippen molar-refractivity contribution in [3.05, 3.63) is 36.2 Å². The van der Waals surface area contributed by atoms with Gasteiger partial charge < -0.3 is 14.4 Å². The topological polar surface area (TPSA) is 71.3 Å². The first-order valence-electron chi connectivity index (χ1n) is 9.76. The highest BCUT2D eigenvalue weighted by atomic mass is 16.2. The van der Waals surface area contributed by atoms with Crippen LogP contribution in [-0.4, -0.2) is 62.1 Å². The number of hydrogen-bond acceptors (Lipinski definition) is 4. The average Bonchev–Trinajstić information content (AvgIpc) is 3.40. The monoisotopic (exact) mass is 365 g/mol. The maximum Gasteiger partial charge on any atom is 0.228 e. The van der Waals surface area contributed by atoms with E-state index in [0.29, 0.717) is 45.1 Å². The van der Waals surface area contributed by atoms with Crippen LogP contribution in [0.1, 0.15) is 25.1 Å². The molecule has 140 valence electrons. The smallest absolute Gasteiger partial charge is 0.228 e. The van der Waals surface area contributed by atoms with Gasteiger partial charge in [0.2, 0.25) is 11.8 Å². The fraction of sp³-hybridized carbons (Fsp3) is 0.500. The summed E-state index contributed by atoms with van der Waals surface area (Å²) >= 11 is 0. The minimum Gasteiger partial charge on any atom is -0.340 e. The van der Waals surface area contributed by atoms with E-state index in [1.165, 1.54) is 0 Å². The molecule has 1 saturated heterocycles. The number of benzene rings is 1. The molecule has 0 N–H and O–H groups in total. The maximum absolute atomic E-state index is 13.0. The molecule has 3 heterocycles. The Balaban J connectivity index is 1.30. The molecule has 0 radical (unpaired) electrons.